The highest BCUT2D eigenvalue weighted by atomic mass is 32.2. The van der Waals surface area contributed by atoms with E-state index in [0.717, 1.165) is 17.2 Å². The van der Waals surface area contributed by atoms with Crippen molar-refractivity contribution in [2.45, 2.75) is 38.1 Å². The minimum Gasteiger partial charge on any atom is -0.350 e. The summed E-state index contributed by atoms with van der Waals surface area (Å²) in [4.78, 5) is 32.3. The molecule has 0 fully saturated rings. The number of carbonyl (C=O) groups excluding carboxylic acids is 2. The quantitative estimate of drug-likeness (QED) is 0.338. The number of hydrogen-bond donors (Lipinski definition) is 1. The number of nitrogens with zero attached hydrogens (tertiary/aromatic N) is 4. The Balaban J connectivity index is 1.65. The minimum absolute atomic E-state index is 0.00950. The van der Waals surface area contributed by atoms with Gasteiger partial charge in [0.2, 0.25) is 11.8 Å². The fourth-order valence-corrected chi connectivity index (χ4v) is 5.88. The van der Waals surface area contributed by atoms with Crippen molar-refractivity contribution < 1.29 is 18.4 Å². The molecule has 5 rings (SSSR count). The molecule has 206 valence electrons. The van der Waals surface area contributed by atoms with Crippen LogP contribution in [0.1, 0.15) is 42.7 Å². The van der Waals surface area contributed by atoms with Gasteiger partial charge in [-0.15, -0.1) is 11.8 Å². The first kappa shape index (κ1) is 27.5. The molecule has 40 heavy (non-hydrogen) atoms. The molecule has 1 aliphatic rings. The largest absolute Gasteiger partial charge is 0.350 e. The van der Waals surface area contributed by atoms with Crippen molar-refractivity contribution in [3.05, 3.63) is 101 Å². The number of nitrogens with one attached hydrogen (secondary N) is 1. The van der Waals surface area contributed by atoms with Gasteiger partial charge in [0.05, 0.1) is 22.2 Å². The maximum atomic E-state index is 15.3. The summed E-state index contributed by atoms with van der Waals surface area (Å²) in [5.74, 6) is -1.64. The van der Waals surface area contributed by atoms with Crippen molar-refractivity contribution >= 4 is 29.4 Å². The number of aromatic nitrogens is 3. The topological polar surface area (TPSA) is 80.1 Å². The number of benzene rings is 2. The molecule has 2 aromatic carbocycles. The van der Waals surface area contributed by atoms with Crippen molar-refractivity contribution in [2.24, 2.45) is 0 Å². The lowest BCUT2D eigenvalue weighted by Crippen LogP contribution is -2.43. The molecule has 4 aromatic rings. The van der Waals surface area contributed by atoms with Gasteiger partial charge < -0.3 is 5.32 Å². The van der Waals surface area contributed by atoms with E-state index in [1.54, 1.807) is 23.1 Å². The maximum Gasteiger partial charge on any atom is 0.240 e. The van der Waals surface area contributed by atoms with Gasteiger partial charge in [-0.2, -0.15) is 5.10 Å². The smallest absolute Gasteiger partial charge is 0.240 e. The fourth-order valence-electron chi connectivity index (χ4n) is 4.66. The molecule has 1 N–H and O–H groups in total. The highest BCUT2D eigenvalue weighted by molar-refractivity contribution is 8.00. The van der Waals surface area contributed by atoms with Crippen LogP contribution < -0.4 is 10.2 Å². The van der Waals surface area contributed by atoms with Crippen LogP contribution in [0.4, 0.5) is 14.6 Å². The third kappa shape index (κ3) is 5.62. The van der Waals surface area contributed by atoms with Crippen LogP contribution in [-0.2, 0) is 21.7 Å². The van der Waals surface area contributed by atoms with Gasteiger partial charge in [-0.05, 0) is 38.5 Å². The van der Waals surface area contributed by atoms with Gasteiger partial charge in [0, 0.05) is 41.7 Å². The van der Waals surface area contributed by atoms with E-state index in [0.29, 0.717) is 17.1 Å². The van der Waals surface area contributed by atoms with E-state index in [4.69, 9.17) is 5.10 Å². The van der Waals surface area contributed by atoms with Crippen LogP contribution in [0.5, 0.6) is 0 Å². The second-order valence-corrected chi connectivity index (χ2v) is 11.6. The van der Waals surface area contributed by atoms with E-state index in [-0.39, 0.29) is 36.2 Å². The van der Waals surface area contributed by atoms with Gasteiger partial charge in [-0.25, -0.2) is 13.5 Å². The predicted octanol–water partition coefficient (Wildman–Crippen LogP) is 5.46. The normalized spacial score (nSPS) is 15.5. The summed E-state index contributed by atoms with van der Waals surface area (Å²) in [6.07, 6.45) is 3.31. The van der Waals surface area contributed by atoms with Gasteiger partial charge in [0.15, 0.2) is 0 Å². The molecule has 0 saturated heterocycles. The lowest BCUT2D eigenvalue weighted by molar-refractivity contribution is -0.123. The van der Waals surface area contributed by atoms with Gasteiger partial charge in [-0.1, -0.05) is 42.5 Å². The van der Waals surface area contributed by atoms with Crippen LogP contribution in [0.3, 0.4) is 0 Å². The Morgan fingerprint density at radius 2 is 1.88 bits per heavy atom. The maximum absolute atomic E-state index is 15.3. The van der Waals surface area contributed by atoms with E-state index < -0.39 is 22.4 Å². The molecule has 1 aliphatic heterocycles. The van der Waals surface area contributed by atoms with Crippen LogP contribution >= 0.6 is 11.8 Å². The Hall–Kier alpha value is -4.05. The highest BCUT2D eigenvalue weighted by Crippen LogP contribution is 2.49. The number of amides is 2. The summed E-state index contributed by atoms with van der Waals surface area (Å²) in [5.41, 5.74) is 2.43. The number of rotatable bonds is 6. The zero-order chi connectivity index (χ0) is 28.4. The van der Waals surface area contributed by atoms with Crippen LogP contribution in [0.15, 0.2) is 73.1 Å². The van der Waals surface area contributed by atoms with E-state index in [9.17, 15) is 14.0 Å². The van der Waals surface area contributed by atoms with Crippen LogP contribution in [0.2, 0.25) is 0 Å². The average molecular weight is 562 g/mol. The lowest BCUT2D eigenvalue weighted by Gasteiger charge is -2.28. The highest BCUT2D eigenvalue weighted by Gasteiger charge is 2.40. The predicted molar refractivity (Wildman–Crippen MR) is 152 cm³/mol. The molecular weight excluding hydrogens is 532 g/mol. The van der Waals surface area contributed by atoms with E-state index in [2.05, 4.69) is 10.3 Å². The summed E-state index contributed by atoms with van der Waals surface area (Å²) >= 11 is 1.23. The molecule has 0 aliphatic carbocycles. The molecular formula is C30H29F2N5O2S. The summed E-state index contributed by atoms with van der Waals surface area (Å²) in [6.45, 7) is 5.86. The van der Waals surface area contributed by atoms with Crippen LogP contribution in [0, 0.1) is 11.6 Å². The number of anilines is 1. The van der Waals surface area contributed by atoms with Gasteiger partial charge in [0.25, 0.3) is 0 Å². The number of carbonyl (C=O) groups is 2. The summed E-state index contributed by atoms with van der Waals surface area (Å²) < 4.78 is 30.9. The van der Waals surface area contributed by atoms with E-state index in [1.165, 1.54) is 28.8 Å². The molecule has 1 atom stereocenters. The SMILES string of the molecule is CC(C)(C)n1nc(-c2ccccc2)c2c1N(CC(=O)NCc1cccnc1)C(=O)CSC2c1ccc(F)cc1F. The number of thioether (sulfide) groups is 1. The first-order chi connectivity index (χ1) is 19.1. The minimum atomic E-state index is -0.707. The Kier molecular flexibility index (Phi) is 7.71. The Labute approximate surface area is 235 Å². The zero-order valence-electron chi connectivity index (χ0n) is 22.4. The van der Waals surface area contributed by atoms with Gasteiger partial charge in [0.1, 0.15) is 24.0 Å². The number of halogens is 2. The first-order valence-electron chi connectivity index (χ1n) is 12.8. The van der Waals surface area contributed by atoms with Crippen LogP contribution in [-0.4, -0.2) is 38.9 Å². The molecule has 0 spiro atoms. The fraction of sp³-hybridized carbons (Fsp3) is 0.267. The van der Waals surface area contributed by atoms with E-state index >= 15 is 4.39 Å². The molecule has 7 nitrogen and oxygen atoms in total. The summed E-state index contributed by atoms with van der Waals surface area (Å²) in [5, 5.41) is 7.15. The number of hydrogen-bond acceptors (Lipinski definition) is 5. The molecule has 2 amide bonds. The summed E-state index contributed by atoms with van der Waals surface area (Å²) in [7, 11) is 0. The molecule has 0 bridgehead atoms. The molecule has 0 radical (unpaired) electrons. The van der Waals surface area contributed by atoms with Gasteiger partial charge in [-0.3, -0.25) is 19.5 Å². The third-order valence-corrected chi connectivity index (χ3v) is 7.77. The molecule has 10 heteroatoms. The van der Waals surface area contributed by atoms with E-state index in [1.807, 2.05) is 57.2 Å². The molecule has 3 heterocycles. The van der Waals surface area contributed by atoms with Crippen molar-refractivity contribution in [3.8, 4) is 11.3 Å². The standard InChI is InChI=1S/C30H29F2N5O2S/c1-30(2,3)37-29-26(27(35-37)20-9-5-4-6-10-20)28(22-12-11-21(31)14-23(22)32)40-18-25(39)36(29)17-24(38)34-16-19-8-7-13-33-15-19/h4-15,28H,16-18H2,1-3H3,(H,34,38). The third-order valence-electron chi connectivity index (χ3n) is 6.53. The monoisotopic (exact) mass is 561 g/mol. The Morgan fingerprint density at radius 1 is 1.10 bits per heavy atom. The average Bonchev–Trinajstić information content (AvgIpc) is 3.27. The molecule has 1 unspecified atom stereocenters. The first-order valence-corrected chi connectivity index (χ1v) is 13.9. The zero-order valence-corrected chi connectivity index (χ0v) is 23.2. The Morgan fingerprint density at radius 3 is 2.55 bits per heavy atom. The van der Waals surface area contributed by atoms with Crippen molar-refractivity contribution in [2.75, 3.05) is 17.2 Å². The second-order valence-electron chi connectivity index (χ2n) is 10.5. The van der Waals surface area contributed by atoms with Crippen molar-refractivity contribution in [1.29, 1.82) is 0 Å². The van der Waals surface area contributed by atoms with Crippen molar-refractivity contribution in [1.82, 2.24) is 20.1 Å². The number of fused-ring (bicyclic) bond motifs is 1. The van der Waals surface area contributed by atoms with Crippen molar-refractivity contribution in [3.63, 3.8) is 0 Å². The summed E-state index contributed by atoms with van der Waals surface area (Å²) in [6, 6.07) is 16.5. The lowest BCUT2D eigenvalue weighted by atomic mass is 9.98. The van der Waals surface area contributed by atoms with Gasteiger partial charge >= 0.3 is 0 Å². The Bertz CT molecular complexity index is 1540. The molecule has 2 aromatic heterocycles. The second kappa shape index (κ2) is 11.2. The number of pyridine rings is 1. The van der Waals surface area contributed by atoms with Crippen LogP contribution in [0.25, 0.3) is 11.3 Å². The molecule has 0 saturated carbocycles.